The van der Waals surface area contributed by atoms with E-state index in [9.17, 15) is 4.79 Å². The van der Waals surface area contributed by atoms with E-state index >= 15 is 0 Å². The van der Waals surface area contributed by atoms with Crippen molar-refractivity contribution in [2.45, 2.75) is 25.9 Å². The molecule has 0 aliphatic heterocycles. The zero-order valence-electron chi connectivity index (χ0n) is 12.8. The third-order valence-corrected chi connectivity index (χ3v) is 2.72. The van der Waals surface area contributed by atoms with Gasteiger partial charge in [-0.3, -0.25) is 4.79 Å². The van der Waals surface area contributed by atoms with Gasteiger partial charge < -0.3 is 25.3 Å². The van der Waals surface area contributed by atoms with E-state index in [1.54, 1.807) is 40.4 Å². The first-order valence-electron chi connectivity index (χ1n) is 6.33. The lowest BCUT2D eigenvalue weighted by atomic mass is 10.1. The summed E-state index contributed by atoms with van der Waals surface area (Å²) in [5.74, 6) is 1.56. The normalized spacial score (nSPS) is 11.1. The maximum atomic E-state index is 11.6. The second-order valence-corrected chi connectivity index (χ2v) is 4.49. The quantitative estimate of drug-likeness (QED) is 0.796. The fourth-order valence-electron chi connectivity index (χ4n) is 1.80. The van der Waals surface area contributed by atoms with Crippen LogP contribution in [0.15, 0.2) is 12.1 Å². The zero-order chi connectivity index (χ0) is 15.1. The SMILES string of the molecule is COc1cc(CNC(=O)CC(C)N)cc(OC)c1OC.Cl. The van der Waals surface area contributed by atoms with Crippen molar-refractivity contribution < 1.29 is 19.0 Å². The van der Waals surface area contributed by atoms with E-state index in [0.29, 0.717) is 30.2 Å². The predicted molar refractivity (Wildman–Crippen MR) is 83.5 cm³/mol. The first-order chi connectivity index (χ1) is 9.51. The molecule has 0 aliphatic carbocycles. The third kappa shape index (κ3) is 5.69. The minimum atomic E-state index is -0.157. The average Bonchev–Trinajstić information content (AvgIpc) is 2.42. The molecule has 1 atom stereocenters. The first-order valence-corrected chi connectivity index (χ1v) is 6.33. The van der Waals surface area contributed by atoms with E-state index in [0.717, 1.165) is 5.56 Å². The summed E-state index contributed by atoms with van der Waals surface area (Å²) in [4.78, 5) is 11.6. The lowest BCUT2D eigenvalue weighted by Gasteiger charge is -2.14. The highest BCUT2D eigenvalue weighted by Crippen LogP contribution is 2.38. The molecule has 0 bridgehead atoms. The molecule has 0 aliphatic rings. The van der Waals surface area contributed by atoms with Gasteiger partial charge in [-0.1, -0.05) is 0 Å². The van der Waals surface area contributed by atoms with E-state index in [2.05, 4.69) is 5.32 Å². The number of rotatable bonds is 7. The van der Waals surface area contributed by atoms with Crippen LogP contribution in [0.2, 0.25) is 0 Å². The topological polar surface area (TPSA) is 82.8 Å². The summed E-state index contributed by atoms with van der Waals surface area (Å²) < 4.78 is 15.7. The van der Waals surface area contributed by atoms with Crippen molar-refractivity contribution in [1.82, 2.24) is 5.32 Å². The fraction of sp³-hybridized carbons (Fsp3) is 0.500. The lowest BCUT2D eigenvalue weighted by molar-refractivity contribution is -0.121. The van der Waals surface area contributed by atoms with Crippen molar-refractivity contribution in [3.05, 3.63) is 17.7 Å². The van der Waals surface area contributed by atoms with Crippen molar-refractivity contribution in [3.8, 4) is 17.2 Å². The van der Waals surface area contributed by atoms with Crippen molar-refractivity contribution >= 4 is 18.3 Å². The van der Waals surface area contributed by atoms with Crippen LogP contribution in [0.5, 0.6) is 17.2 Å². The van der Waals surface area contributed by atoms with Gasteiger partial charge in [0, 0.05) is 19.0 Å². The Balaban J connectivity index is 0.00000400. The Kier molecular flexibility index (Phi) is 8.57. The second kappa shape index (κ2) is 9.31. The van der Waals surface area contributed by atoms with Gasteiger partial charge in [0.15, 0.2) is 11.5 Å². The Morgan fingerprint density at radius 1 is 1.19 bits per heavy atom. The highest BCUT2D eigenvalue weighted by molar-refractivity contribution is 5.85. The minimum Gasteiger partial charge on any atom is -0.493 e. The number of carbonyl (C=O) groups excluding carboxylic acids is 1. The molecule has 1 amide bonds. The standard InChI is InChI=1S/C14H22N2O4.ClH/c1-9(15)5-13(17)16-8-10-6-11(18-2)14(20-4)12(7-10)19-3;/h6-7,9H,5,8,15H2,1-4H3,(H,16,17);1H. The number of nitrogens with one attached hydrogen (secondary N) is 1. The predicted octanol–water partition coefficient (Wildman–Crippen LogP) is 1.49. The van der Waals surface area contributed by atoms with Gasteiger partial charge in [0.2, 0.25) is 11.7 Å². The summed E-state index contributed by atoms with van der Waals surface area (Å²) in [7, 11) is 4.65. The Hall–Kier alpha value is -1.66. The molecule has 1 rings (SSSR count). The molecule has 6 nitrogen and oxygen atoms in total. The summed E-state index contributed by atoms with van der Waals surface area (Å²) >= 11 is 0. The van der Waals surface area contributed by atoms with Gasteiger partial charge in [-0.05, 0) is 24.6 Å². The average molecular weight is 319 g/mol. The second-order valence-electron chi connectivity index (χ2n) is 4.49. The maximum Gasteiger partial charge on any atom is 0.221 e. The Labute approximate surface area is 131 Å². The van der Waals surface area contributed by atoms with Crippen LogP contribution in [-0.2, 0) is 11.3 Å². The monoisotopic (exact) mass is 318 g/mol. The molecule has 1 unspecified atom stereocenters. The highest BCUT2D eigenvalue weighted by Gasteiger charge is 2.13. The Bertz CT molecular complexity index is 441. The summed E-state index contributed by atoms with van der Waals surface area (Å²) in [6.07, 6.45) is 0.296. The van der Waals surface area contributed by atoms with E-state index in [4.69, 9.17) is 19.9 Å². The van der Waals surface area contributed by atoms with Gasteiger partial charge >= 0.3 is 0 Å². The molecule has 7 heteroatoms. The van der Waals surface area contributed by atoms with Gasteiger partial charge in [-0.15, -0.1) is 12.4 Å². The molecule has 21 heavy (non-hydrogen) atoms. The molecular formula is C14H23ClN2O4. The van der Waals surface area contributed by atoms with Crippen LogP contribution in [-0.4, -0.2) is 33.3 Å². The van der Waals surface area contributed by atoms with Gasteiger partial charge in [0.25, 0.3) is 0 Å². The molecule has 1 aromatic carbocycles. The van der Waals surface area contributed by atoms with Gasteiger partial charge in [-0.2, -0.15) is 0 Å². The molecular weight excluding hydrogens is 296 g/mol. The smallest absolute Gasteiger partial charge is 0.221 e. The van der Waals surface area contributed by atoms with E-state index in [-0.39, 0.29) is 24.4 Å². The van der Waals surface area contributed by atoms with Crippen molar-refractivity contribution in [1.29, 1.82) is 0 Å². The molecule has 120 valence electrons. The number of carbonyl (C=O) groups is 1. The first kappa shape index (κ1) is 19.3. The molecule has 3 N–H and O–H groups in total. The Morgan fingerprint density at radius 2 is 1.71 bits per heavy atom. The molecule has 0 saturated heterocycles. The number of hydrogen-bond donors (Lipinski definition) is 2. The molecule has 0 aromatic heterocycles. The van der Waals surface area contributed by atoms with Crippen LogP contribution in [0.1, 0.15) is 18.9 Å². The Morgan fingerprint density at radius 3 is 2.10 bits per heavy atom. The summed E-state index contributed by atoms with van der Waals surface area (Å²) in [6, 6.07) is 3.44. The van der Waals surface area contributed by atoms with Crippen LogP contribution in [0.3, 0.4) is 0 Å². The number of amides is 1. The largest absolute Gasteiger partial charge is 0.493 e. The molecule has 0 spiro atoms. The number of ether oxygens (including phenoxy) is 3. The number of hydrogen-bond acceptors (Lipinski definition) is 5. The summed E-state index contributed by atoms with van der Waals surface area (Å²) in [6.45, 7) is 2.17. The van der Waals surface area contributed by atoms with Crippen LogP contribution in [0.4, 0.5) is 0 Å². The molecule has 1 aromatic rings. The number of nitrogens with two attached hydrogens (primary N) is 1. The van der Waals surface area contributed by atoms with E-state index in [1.165, 1.54) is 0 Å². The summed E-state index contributed by atoms with van der Waals surface area (Å²) in [5, 5.41) is 2.80. The molecule has 0 saturated carbocycles. The van der Waals surface area contributed by atoms with E-state index < -0.39 is 0 Å². The number of halogens is 1. The van der Waals surface area contributed by atoms with Gasteiger partial charge in [-0.25, -0.2) is 0 Å². The van der Waals surface area contributed by atoms with Crippen molar-refractivity contribution in [3.63, 3.8) is 0 Å². The van der Waals surface area contributed by atoms with Gasteiger partial charge in [0.1, 0.15) is 0 Å². The van der Waals surface area contributed by atoms with Crippen LogP contribution >= 0.6 is 12.4 Å². The van der Waals surface area contributed by atoms with Gasteiger partial charge in [0.05, 0.1) is 21.3 Å². The fourth-order valence-corrected chi connectivity index (χ4v) is 1.80. The maximum absolute atomic E-state index is 11.6. The highest BCUT2D eigenvalue weighted by atomic mass is 35.5. The van der Waals surface area contributed by atoms with E-state index in [1.807, 2.05) is 0 Å². The van der Waals surface area contributed by atoms with Crippen LogP contribution in [0, 0.1) is 0 Å². The number of benzene rings is 1. The lowest BCUT2D eigenvalue weighted by Crippen LogP contribution is -2.29. The zero-order valence-corrected chi connectivity index (χ0v) is 13.6. The molecule has 0 radical (unpaired) electrons. The third-order valence-electron chi connectivity index (χ3n) is 2.72. The van der Waals surface area contributed by atoms with Crippen molar-refractivity contribution in [2.75, 3.05) is 21.3 Å². The van der Waals surface area contributed by atoms with Crippen LogP contribution < -0.4 is 25.3 Å². The summed E-state index contributed by atoms with van der Waals surface area (Å²) in [5.41, 5.74) is 6.43. The molecule has 0 fully saturated rings. The van der Waals surface area contributed by atoms with Crippen LogP contribution in [0.25, 0.3) is 0 Å². The minimum absolute atomic E-state index is 0. The molecule has 0 heterocycles. The number of methoxy groups -OCH3 is 3. The van der Waals surface area contributed by atoms with Crippen molar-refractivity contribution in [2.24, 2.45) is 5.73 Å².